The lowest BCUT2D eigenvalue weighted by atomic mass is 9.36. The fourth-order valence-corrected chi connectivity index (χ4v) is 8.20. The van der Waals surface area contributed by atoms with Crippen LogP contribution in [0.4, 0.5) is 0 Å². The van der Waals surface area contributed by atoms with Crippen molar-refractivity contribution in [3.05, 3.63) is 12.2 Å². The molecule has 0 aromatic carbocycles. The molecule has 6 fully saturated rings. The molecule has 2 aliphatic heterocycles. The fourth-order valence-electron chi connectivity index (χ4n) is 8.20. The van der Waals surface area contributed by atoms with Crippen molar-refractivity contribution in [2.75, 3.05) is 6.61 Å². The molecule has 4 nitrogen and oxygen atoms in total. The molecule has 0 aromatic heterocycles. The highest BCUT2D eigenvalue weighted by molar-refractivity contribution is 5.33. The number of aliphatic hydroxyl groups excluding tert-OH is 2. The number of rotatable bonds is 0. The predicted molar refractivity (Wildman–Crippen MR) is 88.9 cm³/mol. The maximum Gasteiger partial charge on any atom is 0.201 e. The molecule has 4 saturated carbocycles. The minimum absolute atomic E-state index is 0.0194. The molecule has 2 saturated heterocycles. The van der Waals surface area contributed by atoms with Crippen LogP contribution in [0.2, 0.25) is 0 Å². The van der Waals surface area contributed by atoms with E-state index < -0.39 is 23.4 Å². The standard InChI is InChI=1S/C20H30O4/c1-11-9-19-13(6-5-12(11)15(19)21)18-8-4-7-17(2,3)14(18)16(22)20(19,23)24-10-18/h12-16,21-23H,1,4-10H2,2-3H3/t12-,13?,14?,15?,16-,18+,19+,20+/m0/s1. The first kappa shape index (κ1) is 15.8. The van der Waals surface area contributed by atoms with E-state index in [1.807, 2.05) is 0 Å². The summed E-state index contributed by atoms with van der Waals surface area (Å²) in [6.07, 6.45) is 4.20. The molecule has 6 rings (SSSR count). The molecule has 3 unspecified atom stereocenters. The maximum absolute atomic E-state index is 11.6. The number of hydrogen-bond acceptors (Lipinski definition) is 4. The molecule has 0 aromatic rings. The molecule has 24 heavy (non-hydrogen) atoms. The topological polar surface area (TPSA) is 69.9 Å². The van der Waals surface area contributed by atoms with E-state index in [9.17, 15) is 15.3 Å². The van der Waals surface area contributed by atoms with Gasteiger partial charge in [-0.05, 0) is 43.4 Å². The molecular formula is C20H30O4. The van der Waals surface area contributed by atoms with Gasteiger partial charge in [0.2, 0.25) is 5.79 Å². The Hall–Kier alpha value is -0.420. The van der Waals surface area contributed by atoms with Gasteiger partial charge in [-0.3, -0.25) is 0 Å². The van der Waals surface area contributed by atoms with Gasteiger partial charge in [-0.25, -0.2) is 0 Å². The van der Waals surface area contributed by atoms with E-state index in [1.165, 1.54) is 0 Å². The van der Waals surface area contributed by atoms with Gasteiger partial charge in [0.15, 0.2) is 0 Å². The Morgan fingerprint density at radius 1 is 1.12 bits per heavy atom. The molecule has 0 amide bonds. The molecule has 3 N–H and O–H groups in total. The van der Waals surface area contributed by atoms with E-state index in [1.54, 1.807) is 0 Å². The fraction of sp³-hybridized carbons (Fsp3) is 0.900. The van der Waals surface area contributed by atoms with E-state index in [4.69, 9.17) is 4.74 Å². The monoisotopic (exact) mass is 334 g/mol. The predicted octanol–water partition coefficient (Wildman–Crippen LogP) is 2.23. The van der Waals surface area contributed by atoms with Gasteiger partial charge in [-0.1, -0.05) is 32.4 Å². The van der Waals surface area contributed by atoms with Crippen LogP contribution < -0.4 is 0 Å². The Balaban J connectivity index is 1.75. The zero-order valence-corrected chi connectivity index (χ0v) is 14.8. The van der Waals surface area contributed by atoms with Crippen molar-refractivity contribution in [1.29, 1.82) is 0 Å². The van der Waals surface area contributed by atoms with Gasteiger partial charge in [0.05, 0.1) is 18.1 Å². The summed E-state index contributed by atoms with van der Waals surface area (Å²) >= 11 is 0. The van der Waals surface area contributed by atoms with Crippen LogP contribution in [0.3, 0.4) is 0 Å². The SMILES string of the molecule is C=C1C[C@]23C(O)[C@H]1CCC2[C@]12CCCC(C)(C)C1[C@H](O)[C@@]3(O)OC2. The normalized spacial score (nSPS) is 60.7. The first-order chi connectivity index (χ1) is 11.2. The Labute approximate surface area is 143 Å². The second-order valence-corrected chi connectivity index (χ2v) is 10.0. The van der Waals surface area contributed by atoms with E-state index >= 15 is 0 Å². The van der Waals surface area contributed by atoms with Gasteiger partial charge in [0, 0.05) is 17.3 Å². The van der Waals surface area contributed by atoms with Crippen molar-refractivity contribution < 1.29 is 20.1 Å². The van der Waals surface area contributed by atoms with Gasteiger partial charge in [0.1, 0.15) is 6.10 Å². The van der Waals surface area contributed by atoms with Crippen molar-refractivity contribution in [2.45, 2.75) is 70.4 Å². The minimum atomic E-state index is -1.64. The lowest BCUT2D eigenvalue weighted by Crippen LogP contribution is -2.82. The van der Waals surface area contributed by atoms with Gasteiger partial charge in [-0.2, -0.15) is 0 Å². The van der Waals surface area contributed by atoms with Crippen LogP contribution in [0, 0.1) is 34.0 Å². The quantitative estimate of drug-likeness (QED) is 0.594. The lowest BCUT2D eigenvalue weighted by molar-refractivity contribution is -0.459. The second kappa shape index (κ2) is 4.28. The third-order valence-electron chi connectivity index (χ3n) is 8.90. The van der Waals surface area contributed by atoms with Crippen LogP contribution in [-0.4, -0.2) is 39.9 Å². The van der Waals surface area contributed by atoms with Crippen LogP contribution in [-0.2, 0) is 4.74 Å². The Morgan fingerprint density at radius 3 is 2.62 bits per heavy atom. The molecule has 2 spiro atoms. The zero-order chi connectivity index (χ0) is 17.1. The summed E-state index contributed by atoms with van der Waals surface area (Å²) in [5, 5.41) is 34.1. The average molecular weight is 334 g/mol. The number of aliphatic hydroxyl groups is 3. The van der Waals surface area contributed by atoms with Crippen molar-refractivity contribution >= 4 is 0 Å². The van der Waals surface area contributed by atoms with E-state index in [0.717, 1.165) is 37.7 Å². The van der Waals surface area contributed by atoms with Gasteiger partial charge in [0.25, 0.3) is 0 Å². The molecule has 4 aliphatic carbocycles. The Kier molecular flexibility index (Phi) is 2.82. The van der Waals surface area contributed by atoms with Crippen LogP contribution in [0.5, 0.6) is 0 Å². The molecule has 2 heterocycles. The molecule has 134 valence electrons. The molecule has 8 atom stereocenters. The second-order valence-electron chi connectivity index (χ2n) is 10.0. The number of fused-ring (bicyclic) bond motifs is 2. The molecular weight excluding hydrogens is 304 g/mol. The third-order valence-corrected chi connectivity index (χ3v) is 8.90. The van der Waals surface area contributed by atoms with Gasteiger partial charge < -0.3 is 20.1 Å². The summed E-state index contributed by atoms with van der Waals surface area (Å²) in [4.78, 5) is 0. The minimum Gasteiger partial charge on any atom is -0.392 e. The first-order valence-electron chi connectivity index (χ1n) is 9.61. The van der Waals surface area contributed by atoms with Crippen molar-refractivity contribution in [1.82, 2.24) is 0 Å². The average Bonchev–Trinajstić information content (AvgIpc) is 2.66. The summed E-state index contributed by atoms with van der Waals surface area (Å²) in [6.45, 7) is 9.17. The highest BCUT2D eigenvalue weighted by Crippen LogP contribution is 2.77. The summed E-state index contributed by atoms with van der Waals surface area (Å²) in [6, 6.07) is 0. The van der Waals surface area contributed by atoms with Crippen molar-refractivity contribution in [3.8, 4) is 0 Å². The van der Waals surface area contributed by atoms with Crippen molar-refractivity contribution in [3.63, 3.8) is 0 Å². The van der Waals surface area contributed by atoms with Crippen LogP contribution in [0.15, 0.2) is 12.2 Å². The number of ether oxygens (including phenoxy) is 1. The zero-order valence-electron chi connectivity index (χ0n) is 14.8. The largest absolute Gasteiger partial charge is 0.392 e. The highest BCUT2D eigenvalue weighted by Gasteiger charge is 2.82. The third kappa shape index (κ3) is 1.37. The first-order valence-corrected chi connectivity index (χ1v) is 9.61. The Morgan fingerprint density at radius 2 is 1.88 bits per heavy atom. The highest BCUT2D eigenvalue weighted by atomic mass is 16.6. The van der Waals surface area contributed by atoms with Gasteiger partial charge >= 0.3 is 0 Å². The summed E-state index contributed by atoms with van der Waals surface area (Å²) in [5.74, 6) is -1.35. The molecule has 4 heteroatoms. The molecule has 4 bridgehead atoms. The number of hydrogen-bond donors (Lipinski definition) is 3. The Bertz CT molecular complexity index is 615. The summed E-state index contributed by atoms with van der Waals surface area (Å²) < 4.78 is 6.04. The summed E-state index contributed by atoms with van der Waals surface area (Å²) in [7, 11) is 0. The van der Waals surface area contributed by atoms with Crippen molar-refractivity contribution in [2.24, 2.45) is 34.0 Å². The molecule has 6 aliphatic rings. The molecule has 0 radical (unpaired) electrons. The van der Waals surface area contributed by atoms with Gasteiger partial charge in [-0.15, -0.1) is 0 Å². The van der Waals surface area contributed by atoms with Crippen LogP contribution in [0.25, 0.3) is 0 Å². The van der Waals surface area contributed by atoms with Crippen LogP contribution >= 0.6 is 0 Å². The maximum atomic E-state index is 11.6. The lowest BCUT2D eigenvalue weighted by Gasteiger charge is -2.74. The van der Waals surface area contributed by atoms with E-state index in [2.05, 4.69) is 20.4 Å². The summed E-state index contributed by atoms with van der Waals surface area (Å²) in [5.41, 5.74) is 0.121. The van der Waals surface area contributed by atoms with E-state index in [-0.39, 0.29) is 28.6 Å². The van der Waals surface area contributed by atoms with Crippen LogP contribution in [0.1, 0.15) is 52.4 Å². The van der Waals surface area contributed by atoms with E-state index in [0.29, 0.717) is 13.0 Å². The smallest absolute Gasteiger partial charge is 0.201 e.